The Bertz CT molecular complexity index is 1550. The Morgan fingerprint density at radius 1 is 1.17 bits per heavy atom. The summed E-state index contributed by atoms with van der Waals surface area (Å²) >= 11 is 0. The van der Waals surface area contributed by atoms with Gasteiger partial charge in [-0.2, -0.15) is 13.2 Å². The maximum absolute atomic E-state index is 13.9. The molecular weight excluding hydrogens is 600 g/mol. The molecule has 1 saturated heterocycles. The zero-order chi connectivity index (χ0) is 31.4. The Morgan fingerprint density at radius 3 is 2.40 bits per heavy atom. The fourth-order valence-electron chi connectivity index (χ4n) is 4.61. The first kappa shape index (κ1) is 31.1. The molecule has 1 spiro atoms. The van der Waals surface area contributed by atoms with Crippen LogP contribution in [-0.4, -0.2) is 72.0 Å². The van der Waals surface area contributed by atoms with E-state index >= 15 is 0 Å². The molecule has 2 aromatic rings. The number of sulfonamides is 1. The Morgan fingerprint density at radius 2 is 1.83 bits per heavy atom. The van der Waals surface area contributed by atoms with Gasteiger partial charge in [0.1, 0.15) is 28.4 Å². The molecule has 230 valence electrons. The number of benzene rings is 1. The zero-order valence-corrected chi connectivity index (χ0v) is 23.1. The van der Waals surface area contributed by atoms with Gasteiger partial charge < -0.3 is 25.3 Å². The molecule has 0 bridgehead atoms. The highest BCUT2D eigenvalue weighted by atomic mass is 32.2. The summed E-state index contributed by atoms with van der Waals surface area (Å²) in [5.41, 5.74) is -6.32. The number of ether oxygens (including phenoxy) is 1. The third kappa shape index (κ3) is 5.28. The topological polar surface area (TPSA) is 139 Å². The van der Waals surface area contributed by atoms with Gasteiger partial charge in [-0.3, -0.25) is 14.4 Å². The number of hydrogen-bond acceptors (Lipinski definition) is 7. The van der Waals surface area contributed by atoms with Crippen LogP contribution in [0, 0.1) is 5.82 Å². The summed E-state index contributed by atoms with van der Waals surface area (Å²) in [7, 11) is -3.82. The minimum atomic E-state index is -5.05. The van der Waals surface area contributed by atoms with Gasteiger partial charge >= 0.3 is 18.0 Å². The van der Waals surface area contributed by atoms with E-state index in [2.05, 4.69) is 10.6 Å². The van der Waals surface area contributed by atoms with Gasteiger partial charge in [-0.25, -0.2) is 25.9 Å². The average molecular weight is 626 g/mol. The van der Waals surface area contributed by atoms with Crippen LogP contribution in [0.5, 0.6) is 5.75 Å². The number of anilines is 1. The first-order valence-electron chi connectivity index (χ1n) is 12.2. The predicted molar refractivity (Wildman–Crippen MR) is 133 cm³/mol. The molecule has 4 rings (SSSR count). The number of carbonyl (C=O) groups is 3. The molecule has 1 fully saturated rings. The standard InChI is InChI=1S/C24H25F6N5O6S/c1-22(2,24(28,29)30)33-20(37)21(38)35-23(6-7-31-10-23)11-41-17-15(42(35,39)40)9-34(3)16(17)19(36)32-12-4-5-14(25)13(8-12)18(26)27/h4-5,8-9,18,31H,6-7,10-11H2,1-3H3,(H,32,36)(H,33,37)/t23-/m0/s1. The summed E-state index contributed by atoms with van der Waals surface area (Å²) in [5, 5.41) is 6.63. The number of hydrogen-bond donors (Lipinski definition) is 3. The van der Waals surface area contributed by atoms with E-state index in [9.17, 15) is 49.1 Å². The Labute approximate surface area is 235 Å². The number of rotatable bonds is 4. The molecule has 1 atom stereocenters. The summed E-state index contributed by atoms with van der Waals surface area (Å²) < 4.78 is 115. The lowest BCUT2D eigenvalue weighted by molar-refractivity contribution is -0.189. The SMILES string of the molecule is Cn1cc2c(c1C(=O)Nc1ccc(F)c(C(F)F)c1)OC[C@@]1(CCNC1)N(C(=O)C(=O)NC(C)(C)C(F)(F)F)S2(=O)=O. The van der Waals surface area contributed by atoms with Crippen LogP contribution in [0.2, 0.25) is 0 Å². The highest BCUT2D eigenvalue weighted by molar-refractivity contribution is 7.90. The average Bonchev–Trinajstić information content (AvgIpc) is 3.45. The smallest absolute Gasteiger partial charge is 0.410 e. The van der Waals surface area contributed by atoms with Crippen LogP contribution in [-0.2, 0) is 26.7 Å². The number of aryl methyl sites for hydroxylation is 1. The highest BCUT2D eigenvalue weighted by Gasteiger charge is 2.56. The van der Waals surface area contributed by atoms with Gasteiger partial charge in [-0.05, 0) is 45.0 Å². The van der Waals surface area contributed by atoms with E-state index in [4.69, 9.17) is 4.74 Å². The molecule has 0 radical (unpaired) electrons. The van der Waals surface area contributed by atoms with Crippen molar-refractivity contribution < 1.29 is 53.9 Å². The first-order valence-corrected chi connectivity index (χ1v) is 13.7. The maximum Gasteiger partial charge on any atom is 0.410 e. The number of aromatic nitrogens is 1. The lowest BCUT2D eigenvalue weighted by Gasteiger charge is -2.37. The third-order valence-electron chi connectivity index (χ3n) is 6.98. The van der Waals surface area contributed by atoms with Crippen LogP contribution < -0.4 is 20.7 Å². The second-order valence-corrected chi connectivity index (χ2v) is 12.1. The van der Waals surface area contributed by atoms with E-state index in [0.29, 0.717) is 26.0 Å². The molecule has 1 aromatic heterocycles. The molecule has 0 aliphatic carbocycles. The van der Waals surface area contributed by atoms with Crippen molar-refractivity contribution >= 4 is 33.4 Å². The monoisotopic (exact) mass is 625 g/mol. The molecule has 3 N–H and O–H groups in total. The molecular formula is C24H25F6N5O6S. The van der Waals surface area contributed by atoms with Gasteiger partial charge in [0.05, 0.1) is 5.56 Å². The molecule has 3 heterocycles. The molecule has 0 unspecified atom stereocenters. The molecule has 3 amide bonds. The maximum atomic E-state index is 13.9. The summed E-state index contributed by atoms with van der Waals surface area (Å²) in [5.74, 6) is -6.45. The minimum Gasteiger partial charge on any atom is -0.487 e. The van der Waals surface area contributed by atoms with Gasteiger partial charge in [0, 0.05) is 25.5 Å². The number of amides is 3. The fraction of sp³-hybridized carbons (Fsp3) is 0.458. The van der Waals surface area contributed by atoms with E-state index in [1.54, 1.807) is 0 Å². The van der Waals surface area contributed by atoms with Crippen molar-refractivity contribution in [3.05, 3.63) is 41.5 Å². The zero-order valence-electron chi connectivity index (χ0n) is 22.2. The van der Waals surface area contributed by atoms with Crippen LogP contribution in [0.15, 0.2) is 29.3 Å². The Balaban J connectivity index is 1.75. The van der Waals surface area contributed by atoms with Crippen molar-refractivity contribution in [3.63, 3.8) is 0 Å². The van der Waals surface area contributed by atoms with Crippen LogP contribution in [0.4, 0.5) is 32.0 Å². The second-order valence-electron chi connectivity index (χ2n) is 10.4. The van der Waals surface area contributed by atoms with E-state index in [-0.39, 0.29) is 29.5 Å². The van der Waals surface area contributed by atoms with E-state index < -0.39 is 85.8 Å². The lowest BCUT2D eigenvalue weighted by atomic mass is 9.99. The second kappa shape index (κ2) is 10.5. The molecule has 2 aliphatic rings. The van der Waals surface area contributed by atoms with Crippen molar-refractivity contribution in [1.29, 1.82) is 0 Å². The van der Waals surface area contributed by atoms with E-state index in [0.717, 1.165) is 16.8 Å². The van der Waals surface area contributed by atoms with Gasteiger partial charge in [-0.1, -0.05) is 0 Å². The number of nitrogens with zero attached hydrogens (tertiary/aromatic N) is 2. The summed E-state index contributed by atoms with van der Waals surface area (Å²) in [4.78, 5) is 38.5. The van der Waals surface area contributed by atoms with Gasteiger partial charge in [0.25, 0.3) is 22.4 Å². The molecule has 2 aliphatic heterocycles. The van der Waals surface area contributed by atoms with Gasteiger partial charge in [0.15, 0.2) is 11.4 Å². The van der Waals surface area contributed by atoms with Crippen molar-refractivity contribution in [2.45, 2.75) is 48.8 Å². The van der Waals surface area contributed by atoms with Crippen LogP contribution in [0.25, 0.3) is 0 Å². The lowest BCUT2D eigenvalue weighted by Crippen LogP contribution is -2.63. The van der Waals surface area contributed by atoms with Crippen molar-refractivity contribution in [3.8, 4) is 5.75 Å². The molecule has 0 saturated carbocycles. The highest BCUT2D eigenvalue weighted by Crippen LogP contribution is 2.41. The van der Waals surface area contributed by atoms with E-state index in [1.165, 1.54) is 12.4 Å². The normalized spacial score (nSPS) is 20.2. The molecule has 42 heavy (non-hydrogen) atoms. The quantitative estimate of drug-likeness (QED) is 0.351. The molecule has 1 aromatic carbocycles. The van der Waals surface area contributed by atoms with Gasteiger partial charge in [0.2, 0.25) is 0 Å². The number of halogens is 6. The minimum absolute atomic E-state index is 0.0855. The third-order valence-corrected chi connectivity index (χ3v) is 8.86. The van der Waals surface area contributed by atoms with Crippen molar-refractivity contribution in [2.75, 3.05) is 25.0 Å². The summed E-state index contributed by atoms with van der Waals surface area (Å²) in [6, 6.07) is 2.39. The van der Waals surface area contributed by atoms with Crippen LogP contribution in [0.3, 0.4) is 0 Å². The fourth-order valence-corrected chi connectivity index (χ4v) is 6.51. The molecule has 11 nitrogen and oxygen atoms in total. The van der Waals surface area contributed by atoms with Gasteiger partial charge in [-0.15, -0.1) is 0 Å². The number of nitrogens with one attached hydrogen (secondary N) is 3. The van der Waals surface area contributed by atoms with E-state index in [1.807, 2.05) is 0 Å². The summed E-state index contributed by atoms with van der Waals surface area (Å²) in [6.07, 6.45) is -7.36. The van der Waals surface area contributed by atoms with Crippen molar-refractivity contribution in [1.82, 2.24) is 19.5 Å². The number of fused-ring (bicyclic) bond motifs is 1. The van der Waals surface area contributed by atoms with Crippen LogP contribution in [0.1, 0.15) is 42.7 Å². The van der Waals surface area contributed by atoms with Crippen molar-refractivity contribution in [2.24, 2.45) is 7.05 Å². The Hall–Kier alpha value is -3.80. The summed E-state index contributed by atoms with van der Waals surface area (Å²) in [6.45, 7) is 0.524. The predicted octanol–water partition coefficient (Wildman–Crippen LogP) is 2.45. The molecule has 18 heteroatoms. The number of alkyl halides is 5. The first-order chi connectivity index (χ1) is 19.3. The van der Waals surface area contributed by atoms with Crippen LogP contribution >= 0.6 is 0 Å². The Kier molecular flexibility index (Phi) is 7.77. The largest absolute Gasteiger partial charge is 0.487 e. The number of carbonyl (C=O) groups excluding carboxylic acids is 3.